The van der Waals surface area contributed by atoms with Crippen molar-refractivity contribution < 1.29 is 13.9 Å². The highest BCUT2D eigenvalue weighted by molar-refractivity contribution is 7.17. The lowest BCUT2D eigenvalue weighted by atomic mass is 10.1. The maximum absolute atomic E-state index is 13.1. The van der Waals surface area contributed by atoms with E-state index in [4.69, 9.17) is 4.74 Å². The zero-order chi connectivity index (χ0) is 18.0. The highest BCUT2D eigenvalue weighted by Crippen LogP contribution is 2.30. The first-order valence-electron chi connectivity index (χ1n) is 7.91. The van der Waals surface area contributed by atoms with Crippen molar-refractivity contribution in [2.24, 2.45) is 0 Å². The van der Waals surface area contributed by atoms with Gasteiger partial charge in [0.1, 0.15) is 17.2 Å². The second kappa shape index (κ2) is 7.14. The first kappa shape index (κ1) is 17.3. The van der Waals surface area contributed by atoms with E-state index in [2.05, 4.69) is 4.98 Å². The van der Waals surface area contributed by atoms with Crippen LogP contribution in [0.25, 0.3) is 21.3 Å². The molecule has 3 aromatic rings. The lowest BCUT2D eigenvalue weighted by molar-refractivity contribution is -0.149. The van der Waals surface area contributed by atoms with Crippen molar-refractivity contribution in [3.8, 4) is 11.1 Å². The molecule has 3 rings (SSSR count). The van der Waals surface area contributed by atoms with E-state index in [0.29, 0.717) is 22.2 Å². The minimum absolute atomic E-state index is 0.190. The van der Waals surface area contributed by atoms with E-state index in [0.717, 1.165) is 5.56 Å². The van der Waals surface area contributed by atoms with Crippen LogP contribution < -0.4 is 5.56 Å². The van der Waals surface area contributed by atoms with Gasteiger partial charge >= 0.3 is 5.97 Å². The Morgan fingerprint density at radius 2 is 2.08 bits per heavy atom. The van der Waals surface area contributed by atoms with Crippen molar-refractivity contribution in [1.29, 1.82) is 0 Å². The van der Waals surface area contributed by atoms with Gasteiger partial charge in [-0.15, -0.1) is 11.3 Å². The number of ether oxygens (including phenoxy) is 1. The van der Waals surface area contributed by atoms with Crippen molar-refractivity contribution in [1.82, 2.24) is 9.55 Å². The Morgan fingerprint density at radius 1 is 1.36 bits per heavy atom. The maximum atomic E-state index is 13.1. The Labute approximate surface area is 147 Å². The van der Waals surface area contributed by atoms with E-state index in [1.807, 2.05) is 12.3 Å². The van der Waals surface area contributed by atoms with Crippen LogP contribution >= 0.6 is 11.3 Å². The number of rotatable bonds is 5. The molecule has 0 aliphatic rings. The summed E-state index contributed by atoms with van der Waals surface area (Å²) in [6.45, 7) is 3.52. The summed E-state index contributed by atoms with van der Waals surface area (Å²) in [6, 6.07) is 5.92. The highest BCUT2D eigenvalue weighted by Gasteiger charge is 2.16. The molecule has 130 valence electrons. The van der Waals surface area contributed by atoms with E-state index in [-0.39, 0.29) is 24.0 Å². The maximum Gasteiger partial charge on any atom is 0.326 e. The molecule has 0 aliphatic carbocycles. The number of carbonyl (C=O) groups is 1. The fourth-order valence-corrected chi connectivity index (χ4v) is 3.31. The third-order valence-electron chi connectivity index (χ3n) is 3.92. The third-order valence-corrected chi connectivity index (χ3v) is 4.81. The molecule has 1 aromatic carbocycles. The summed E-state index contributed by atoms with van der Waals surface area (Å²) >= 11 is 1.33. The largest absolute Gasteiger partial charge is 0.461 e. The number of benzene rings is 1. The molecule has 0 saturated carbocycles. The number of hydrogen-bond donors (Lipinski definition) is 0. The molecule has 2 heterocycles. The number of carbonyl (C=O) groups excluding carboxylic acids is 1. The van der Waals surface area contributed by atoms with Gasteiger partial charge in [0.05, 0.1) is 17.8 Å². The molecule has 5 nitrogen and oxygen atoms in total. The van der Waals surface area contributed by atoms with Crippen LogP contribution in [0.3, 0.4) is 0 Å². The van der Waals surface area contributed by atoms with Crippen LogP contribution in [0.1, 0.15) is 20.3 Å². The number of esters is 1. The molecule has 7 heteroatoms. The Kier molecular flexibility index (Phi) is 4.94. The molecule has 2 aromatic heterocycles. The zero-order valence-electron chi connectivity index (χ0n) is 13.9. The van der Waals surface area contributed by atoms with Gasteiger partial charge in [-0.25, -0.2) is 9.37 Å². The molecule has 1 atom stereocenters. The molecule has 1 unspecified atom stereocenters. The second-order valence-corrected chi connectivity index (χ2v) is 6.58. The third kappa shape index (κ3) is 3.61. The quantitative estimate of drug-likeness (QED) is 0.652. The summed E-state index contributed by atoms with van der Waals surface area (Å²) in [7, 11) is 0. The zero-order valence-corrected chi connectivity index (χ0v) is 14.7. The van der Waals surface area contributed by atoms with Crippen LogP contribution in [0.15, 0.2) is 40.8 Å². The lowest BCUT2D eigenvalue weighted by Crippen LogP contribution is -2.27. The molecule has 0 fully saturated rings. The molecule has 0 saturated heterocycles. The topological polar surface area (TPSA) is 61.2 Å². The standard InChI is InChI=1S/C18H17FN2O3S/c1-3-11(2)24-15(22)8-21-10-20-17-16(18(21)23)14(9-25-17)12-4-6-13(19)7-5-12/h4-7,9-11H,3,8H2,1-2H3. The van der Waals surface area contributed by atoms with Crippen LogP contribution in [0.4, 0.5) is 4.39 Å². The molecular weight excluding hydrogens is 343 g/mol. The number of halogens is 1. The first-order valence-corrected chi connectivity index (χ1v) is 8.79. The Balaban J connectivity index is 1.99. The Hall–Kier alpha value is -2.54. The van der Waals surface area contributed by atoms with Gasteiger partial charge < -0.3 is 4.74 Å². The normalized spacial score (nSPS) is 12.3. The fraction of sp³-hybridized carbons (Fsp3) is 0.278. The van der Waals surface area contributed by atoms with Crippen molar-refractivity contribution in [2.45, 2.75) is 32.9 Å². The summed E-state index contributed by atoms with van der Waals surface area (Å²) < 4.78 is 19.6. The summed E-state index contributed by atoms with van der Waals surface area (Å²) in [4.78, 5) is 29.6. The van der Waals surface area contributed by atoms with E-state index in [9.17, 15) is 14.0 Å². The van der Waals surface area contributed by atoms with Crippen molar-refractivity contribution in [2.75, 3.05) is 0 Å². The molecule has 25 heavy (non-hydrogen) atoms. The number of nitrogens with zero attached hydrogens (tertiary/aromatic N) is 2. The van der Waals surface area contributed by atoms with Crippen molar-refractivity contribution >= 4 is 27.5 Å². The van der Waals surface area contributed by atoms with E-state index in [1.165, 1.54) is 34.4 Å². The smallest absolute Gasteiger partial charge is 0.326 e. The van der Waals surface area contributed by atoms with Crippen LogP contribution in [0, 0.1) is 5.82 Å². The highest BCUT2D eigenvalue weighted by atomic mass is 32.1. The number of aromatic nitrogens is 2. The van der Waals surface area contributed by atoms with Crippen LogP contribution in [-0.2, 0) is 16.1 Å². The number of fused-ring (bicyclic) bond motifs is 1. The average Bonchev–Trinajstić information content (AvgIpc) is 3.02. The van der Waals surface area contributed by atoms with Crippen LogP contribution in [-0.4, -0.2) is 21.6 Å². The van der Waals surface area contributed by atoms with Crippen LogP contribution in [0.2, 0.25) is 0 Å². The van der Waals surface area contributed by atoms with E-state index < -0.39 is 5.97 Å². The molecule has 0 N–H and O–H groups in total. The Bertz CT molecular complexity index is 963. The predicted molar refractivity (Wildman–Crippen MR) is 95.1 cm³/mol. The summed E-state index contributed by atoms with van der Waals surface area (Å²) in [5.74, 6) is -0.817. The van der Waals surface area contributed by atoms with Gasteiger partial charge in [-0.3, -0.25) is 14.2 Å². The molecule has 0 spiro atoms. The summed E-state index contributed by atoms with van der Waals surface area (Å²) in [5.41, 5.74) is 1.10. The molecule has 0 amide bonds. The SMILES string of the molecule is CCC(C)OC(=O)Cn1cnc2scc(-c3ccc(F)cc3)c2c1=O. The van der Waals surface area contributed by atoms with Gasteiger partial charge in [0.2, 0.25) is 0 Å². The fourth-order valence-electron chi connectivity index (χ4n) is 2.41. The van der Waals surface area contributed by atoms with Crippen molar-refractivity contribution in [3.05, 3.63) is 52.1 Å². The summed E-state index contributed by atoms with van der Waals surface area (Å²) in [5, 5.41) is 2.24. The van der Waals surface area contributed by atoms with Gasteiger partial charge in [-0.2, -0.15) is 0 Å². The van der Waals surface area contributed by atoms with Gasteiger partial charge in [0, 0.05) is 10.9 Å². The van der Waals surface area contributed by atoms with Gasteiger partial charge in [0.15, 0.2) is 0 Å². The predicted octanol–water partition coefficient (Wildman–Crippen LogP) is 3.61. The minimum Gasteiger partial charge on any atom is -0.461 e. The monoisotopic (exact) mass is 360 g/mol. The Morgan fingerprint density at radius 3 is 2.76 bits per heavy atom. The number of hydrogen-bond acceptors (Lipinski definition) is 5. The molecular formula is C18H17FN2O3S. The molecule has 0 bridgehead atoms. The average molecular weight is 360 g/mol. The van der Waals surface area contributed by atoms with Crippen molar-refractivity contribution in [3.63, 3.8) is 0 Å². The summed E-state index contributed by atoms with van der Waals surface area (Å²) in [6.07, 6.45) is 1.86. The van der Waals surface area contributed by atoms with E-state index in [1.54, 1.807) is 19.1 Å². The van der Waals surface area contributed by atoms with Gasteiger partial charge in [-0.1, -0.05) is 19.1 Å². The second-order valence-electron chi connectivity index (χ2n) is 5.72. The van der Waals surface area contributed by atoms with E-state index >= 15 is 0 Å². The minimum atomic E-state index is -0.476. The molecule has 0 radical (unpaired) electrons. The lowest BCUT2D eigenvalue weighted by Gasteiger charge is -2.11. The van der Waals surface area contributed by atoms with Gasteiger partial charge in [-0.05, 0) is 31.0 Å². The molecule has 0 aliphatic heterocycles. The van der Waals surface area contributed by atoms with Crippen LogP contribution in [0.5, 0.6) is 0 Å². The van der Waals surface area contributed by atoms with Gasteiger partial charge in [0.25, 0.3) is 5.56 Å². The number of thiophene rings is 1. The first-order chi connectivity index (χ1) is 12.0.